The van der Waals surface area contributed by atoms with Crippen molar-refractivity contribution in [2.75, 3.05) is 18.8 Å². The molecular formula is C21H26FN3O2. The summed E-state index contributed by atoms with van der Waals surface area (Å²) in [6.07, 6.45) is 8.22. The first-order valence-corrected chi connectivity index (χ1v) is 10.1. The third-order valence-electron chi connectivity index (χ3n) is 7.27. The van der Waals surface area contributed by atoms with Gasteiger partial charge >= 0.3 is 0 Å². The van der Waals surface area contributed by atoms with Crippen LogP contribution in [0, 0.1) is 17.2 Å². The molecule has 1 aromatic carbocycles. The maximum absolute atomic E-state index is 13.4. The number of carbonyl (C=O) groups is 2. The van der Waals surface area contributed by atoms with Crippen molar-refractivity contribution in [3.05, 3.63) is 29.6 Å². The Labute approximate surface area is 158 Å². The first kappa shape index (κ1) is 17.0. The van der Waals surface area contributed by atoms with E-state index in [2.05, 4.69) is 0 Å². The van der Waals surface area contributed by atoms with Crippen LogP contribution in [-0.2, 0) is 4.79 Å². The number of hydrogen-bond acceptors (Lipinski definition) is 3. The number of benzene rings is 1. The summed E-state index contributed by atoms with van der Waals surface area (Å²) in [5.41, 5.74) is 6.49. The summed E-state index contributed by atoms with van der Waals surface area (Å²) in [6.45, 7) is 1.15. The number of hydrogen-bond donors (Lipinski definition) is 1. The Morgan fingerprint density at radius 1 is 1.07 bits per heavy atom. The monoisotopic (exact) mass is 371 g/mol. The van der Waals surface area contributed by atoms with Crippen molar-refractivity contribution in [3.63, 3.8) is 0 Å². The number of anilines is 1. The molecule has 2 unspecified atom stereocenters. The molecule has 1 aromatic rings. The second-order valence-electron chi connectivity index (χ2n) is 8.95. The Hall–Kier alpha value is -2.11. The predicted molar refractivity (Wildman–Crippen MR) is 99.4 cm³/mol. The fourth-order valence-electron chi connectivity index (χ4n) is 5.68. The highest BCUT2D eigenvalue weighted by Crippen LogP contribution is 2.57. The van der Waals surface area contributed by atoms with Gasteiger partial charge in [0.05, 0.1) is 17.8 Å². The van der Waals surface area contributed by atoms with Gasteiger partial charge in [0.2, 0.25) is 5.91 Å². The van der Waals surface area contributed by atoms with Crippen LogP contribution < -0.4 is 5.73 Å². The molecule has 27 heavy (non-hydrogen) atoms. The van der Waals surface area contributed by atoms with E-state index in [9.17, 15) is 14.0 Å². The van der Waals surface area contributed by atoms with E-state index in [-0.39, 0.29) is 29.6 Å². The fourth-order valence-corrected chi connectivity index (χ4v) is 5.68. The minimum Gasteiger partial charge on any atom is -0.396 e. The van der Waals surface area contributed by atoms with Gasteiger partial charge in [-0.1, -0.05) is 12.8 Å². The van der Waals surface area contributed by atoms with Crippen LogP contribution in [0.4, 0.5) is 10.1 Å². The third kappa shape index (κ3) is 2.72. The molecule has 4 fully saturated rings. The molecule has 2 amide bonds. The van der Waals surface area contributed by atoms with Gasteiger partial charge in [-0.25, -0.2) is 4.39 Å². The van der Waals surface area contributed by atoms with E-state index in [1.807, 2.05) is 9.80 Å². The van der Waals surface area contributed by atoms with Crippen LogP contribution in [0.15, 0.2) is 18.2 Å². The molecule has 0 bridgehead atoms. The molecule has 5 rings (SSSR count). The van der Waals surface area contributed by atoms with Crippen LogP contribution in [-0.4, -0.2) is 46.8 Å². The molecule has 3 saturated carbocycles. The Balaban J connectivity index is 1.22. The largest absolute Gasteiger partial charge is 0.396 e. The Morgan fingerprint density at radius 2 is 1.74 bits per heavy atom. The number of piperazine rings is 1. The van der Waals surface area contributed by atoms with Gasteiger partial charge in [0.25, 0.3) is 5.91 Å². The molecule has 2 N–H and O–H groups in total. The van der Waals surface area contributed by atoms with Crippen molar-refractivity contribution in [1.29, 1.82) is 0 Å². The lowest BCUT2D eigenvalue weighted by atomic mass is 9.60. The van der Waals surface area contributed by atoms with Gasteiger partial charge in [0, 0.05) is 24.6 Å². The smallest absolute Gasteiger partial charge is 0.254 e. The predicted octanol–water partition coefficient (Wildman–Crippen LogP) is 2.80. The lowest BCUT2D eigenvalue weighted by Crippen LogP contribution is -2.54. The minimum absolute atomic E-state index is 0.00663. The van der Waals surface area contributed by atoms with Crippen LogP contribution in [0.2, 0.25) is 0 Å². The highest BCUT2D eigenvalue weighted by atomic mass is 19.1. The summed E-state index contributed by atoms with van der Waals surface area (Å²) in [7, 11) is 0. The van der Waals surface area contributed by atoms with Crippen molar-refractivity contribution < 1.29 is 14.0 Å². The van der Waals surface area contributed by atoms with Gasteiger partial charge in [-0.2, -0.15) is 0 Å². The maximum atomic E-state index is 13.4. The fraction of sp³-hybridized carbons (Fsp3) is 0.619. The molecule has 4 aliphatic rings. The van der Waals surface area contributed by atoms with E-state index in [1.54, 1.807) is 0 Å². The van der Waals surface area contributed by atoms with Crippen molar-refractivity contribution in [3.8, 4) is 0 Å². The first-order chi connectivity index (χ1) is 13.0. The highest BCUT2D eigenvalue weighted by molar-refractivity contribution is 5.96. The van der Waals surface area contributed by atoms with Crippen LogP contribution in [0.3, 0.4) is 0 Å². The van der Waals surface area contributed by atoms with Crippen LogP contribution >= 0.6 is 0 Å². The van der Waals surface area contributed by atoms with E-state index in [0.29, 0.717) is 30.0 Å². The van der Waals surface area contributed by atoms with Crippen LogP contribution in [0.25, 0.3) is 0 Å². The minimum atomic E-state index is -0.508. The molecule has 3 aliphatic carbocycles. The molecule has 144 valence electrons. The van der Waals surface area contributed by atoms with E-state index in [0.717, 1.165) is 19.3 Å². The lowest BCUT2D eigenvalue weighted by molar-refractivity contribution is -0.145. The molecule has 0 radical (unpaired) electrons. The van der Waals surface area contributed by atoms with E-state index >= 15 is 0 Å². The van der Waals surface area contributed by atoms with Crippen molar-refractivity contribution in [1.82, 2.24) is 9.80 Å². The zero-order chi connectivity index (χ0) is 18.8. The summed E-state index contributed by atoms with van der Waals surface area (Å²) >= 11 is 0. The molecule has 1 saturated heterocycles. The summed E-state index contributed by atoms with van der Waals surface area (Å²) in [6, 6.07) is 4.39. The van der Waals surface area contributed by atoms with E-state index in [1.165, 1.54) is 43.9 Å². The second-order valence-corrected chi connectivity index (χ2v) is 8.95. The van der Waals surface area contributed by atoms with Crippen molar-refractivity contribution in [2.24, 2.45) is 11.3 Å². The number of nitrogen functional groups attached to an aromatic ring is 1. The lowest BCUT2D eigenvalue weighted by Gasteiger charge is -2.47. The number of nitrogens with zero attached hydrogens (tertiary/aromatic N) is 2. The number of halogens is 1. The zero-order valence-electron chi connectivity index (χ0n) is 15.5. The summed E-state index contributed by atoms with van der Waals surface area (Å²) in [5.74, 6) is -0.122. The molecule has 0 aromatic heterocycles. The van der Waals surface area contributed by atoms with Gasteiger partial charge < -0.3 is 15.5 Å². The third-order valence-corrected chi connectivity index (χ3v) is 7.27. The summed E-state index contributed by atoms with van der Waals surface area (Å²) in [4.78, 5) is 29.6. The normalized spacial score (nSPS) is 28.8. The number of nitrogens with two attached hydrogens (primary N) is 1. The molecule has 5 nitrogen and oxygen atoms in total. The molecule has 1 heterocycles. The van der Waals surface area contributed by atoms with Gasteiger partial charge in [-0.15, -0.1) is 0 Å². The highest BCUT2D eigenvalue weighted by Gasteiger charge is 2.56. The van der Waals surface area contributed by atoms with Crippen molar-refractivity contribution >= 4 is 17.5 Å². The van der Waals surface area contributed by atoms with Crippen LogP contribution in [0.5, 0.6) is 0 Å². The SMILES string of the molecule is Nc1cc(C(=O)N2CCN(C(=O)C3CC4(CCCC4)C3)C3CC32)ccc1F. The average molecular weight is 371 g/mol. The maximum Gasteiger partial charge on any atom is 0.254 e. The molecular weight excluding hydrogens is 345 g/mol. The summed E-state index contributed by atoms with van der Waals surface area (Å²) < 4.78 is 13.4. The molecule has 1 aliphatic heterocycles. The Kier molecular flexibility index (Phi) is 3.75. The zero-order valence-corrected chi connectivity index (χ0v) is 15.5. The summed E-state index contributed by atoms with van der Waals surface area (Å²) in [5, 5.41) is 0. The number of rotatable bonds is 2. The molecule has 2 atom stereocenters. The Bertz CT molecular complexity index is 797. The first-order valence-electron chi connectivity index (χ1n) is 10.1. The number of amides is 2. The Morgan fingerprint density at radius 3 is 2.44 bits per heavy atom. The van der Waals surface area contributed by atoms with Gasteiger partial charge in [-0.05, 0) is 55.7 Å². The van der Waals surface area contributed by atoms with Gasteiger partial charge in [0.15, 0.2) is 0 Å². The standard InChI is InChI=1S/C21H26FN3O2/c22-15-4-3-13(9-16(15)23)19(26)24-7-8-25(18-10-17(18)24)20(27)14-11-21(12-14)5-1-2-6-21/h3-4,9,14,17-18H,1-2,5-8,10-12,23H2. The quantitative estimate of drug-likeness (QED) is 0.813. The number of carbonyl (C=O) groups excluding carboxylic acids is 2. The van der Waals surface area contributed by atoms with Crippen LogP contribution in [0.1, 0.15) is 55.3 Å². The molecule has 1 spiro atoms. The van der Waals surface area contributed by atoms with E-state index in [4.69, 9.17) is 5.73 Å². The molecule has 6 heteroatoms. The number of fused-ring (bicyclic) bond motifs is 1. The second kappa shape index (κ2) is 5.94. The van der Waals surface area contributed by atoms with E-state index < -0.39 is 5.82 Å². The topological polar surface area (TPSA) is 66.6 Å². The average Bonchev–Trinajstić information content (AvgIpc) is 3.28. The van der Waals surface area contributed by atoms with Gasteiger partial charge in [-0.3, -0.25) is 9.59 Å². The van der Waals surface area contributed by atoms with Crippen molar-refractivity contribution in [2.45, 2.75) is 57.0 Å². The van der Waals surface area contributed by atoms with Gasteiger partial charge in [0.1, 0.15) is 5.82 Å².